The first-order valence-electron chi connectivity index (χ1n) is 10.1. The molecule has 148 valence electrons. The maximum absolute atomic E-state index is 12.4. The first-order chi connectivity index (χ1) is 13.0. The third-order valence-corrected chi connectivity index (χ3v) is 5.53. The molecule has 3 rings (SSSR count). The number of aliphatic hydroxyl groups is 1. The van der Waals surface area contributed by atoms with Gasteiger partial charge in [-0.1, -0.05) is 30.3 Å². The van der Waals surface area contributed by atoms with Crippen LogP contribution in [0.3, 0.4) is 0 Å². The Balaban J connectivity index is 1.39. The van der Waals surface area contributed by atoms with E-state index < -0.39 is 12.1 Å². The van der Waals surface area contributed by atoms with Crippen molar-refractivity contribution in [3.63, 3.8) is 0 Å². The maximum Gasteiger partial charge on any atom is 0.245 e. The van der Waals surface area contributed by atoms with Gasteiger partial charge in [0.15, 0.2) is 0 Å². The summed E-state index contributed by atoms with van der Waals surface area (Å²) >= 11 is 0. The van der Waals surface area contributed by atoms with Crippen LogP contribution in [0.1, 0.15) is 38.2 Å². The number of carbonyl (C=O) groups excluding carboxylic acids is 2. The standard InChI is InChI=1S/C21H31N3O3/c1-15(25)19(23-20(26)18-7-8-18)21(27)22-13-16-9-11-24(12-10-16)14-17-5-3-2-4-6-17/h2-6,15-16,18-19,25H,7-14H2,1H3,(H,22,27)(H,23,26). The van der Waals surface area contributed by atoms with Crippen molar-refractivity contribution in [2.45, 2.75) is 51.3 Å². The fourth-order valence-corrected chi connectivity index (χ4v) is 3.57. The minimum atomic E-state index is -0.902. The molecule has 3 N–H and O–H groups in total. The number of aliphatic hydroxyl groups excluding tert-OH is 1. The number of likely N-dealkylation sites (tertiary alicyclic amines) is 1. The molecule has 1 aromatic carbocycles. The molecule has 1 aliphatic carbocycles. The summed E-state index contributed by atoms with van der Waals surface area (Å²) in [5.41, 5.74) is 1.33. The molecular formula is C21H31N3O3. The van der Waals surface area contributed by atoms with E-state index in [-0.39, 0.29) is 17.7 Å². The van der Waals surface area contributed by atoms with Crippen LogP contribution in [0.5, 0.6) is 0 Å². The lowest BCUT2D eigenvalue weighted by Gasteiger charge is -2.32. The Hall–Kier alpha value is -1.92. The molecule has 6 nitrogen and oxygen atoms in total. The molecule has 1 saturated carbocycles. The average Bonchev–Trinajstić information content (AvgIpc) is 3.51. The Morgan fingerprint density at radius 2 is 1.81 bits per heavy atom. The Kier molecular flexibility index (Phi) is 6.85. The lowest BCUT2D eigenvalue weighted by molar-refractivity contribution is -0.132. The molecule has 2 aliphatic rings. The first-order valence-corrected chi connectivity index (χ1v) is 10.1. The summed E-state index contributed by atoms with van der Waals surface area (Å²) in [5.74, 6) is 0.0544. The number of carbonyl (C=O) groups is 2. The van der Waals surface area contributed by atoms with Crippen LogP contribution in [-0.4, -0.2) is 53.6 Å². The highest BCUT2D eigenvalue weighted by atomic mass is 16.3. The zero-order chi connectivity index (χ0) is 19.2. The van der Waals surface area contributed by atoms with E-state index in [2.05, 4.69) is 39.8 Å². The van der Waals surface area contributed by atoms with Crippen molar-refractivity contribution in [1.82, 2.24) is 15.5 Å². The summed E-state index contributed by atoms with van der Waals surface area (Å²) in [6.45, 7) is 5.15. The molecule has 1 heterocycles. The van der Waals surface area contributed by atoms with Crippen LogP contribution < -0.4 is 10.6 Å². The number of hydrogen-bond acceptors (Lipinski definition) is 4. The smallest absolute Gasteiger partial charge is 0.245 e. The summed E-state index contributed by atoms with van der Waals surface area (Å²) in [6, 6.07) is 9.61. The second-order valence-corrected chi connectivity index (χ2v) is 7.95. The molecule has 27 heavy (non-hydrogen) atoms. The molecule has 0 bridgehead atoms. The lowest BCUT2D eigenvalue weighted by Crippen LogP contribution is -2.53. The Morgan fingerprint density at radius 3 is 2.41 bits per heavy atom. The normalized spacial score (nSPS) is 20.7. The van der Waals surface area contributed by atoms with E-state index in [1.54, 1.807) is 6.92 Å². The van der Waals surface area contributed by atoms with Crippen LogP contribution in [0.2, 0.25) is 0 Å². The van der Waals surface area contributed by atoms with Crippen LogP contribution in [0.4, 0.5) is 0 Å². The minimum absolute atomic E-state index is 0.0213. The van der Waals surface area contributed by atoms with Gasteiger partial charge in [0, 0.05) is 19.0 Å². The van der Waals surface area contributed by atoms with Gasteiger partial charge in [-0.05, 0) is 57.2 Å². The summed E-state index contributed by atoms with van der Waals surface area (Å²) in [7, 11) is 0. The second kappa shape index (κ2) is 9.33. The van der Waals surface area contributed by atoms with Crippen molar-refractivity contribution >= 4 is 11.8 Å². The molecule has 2 amide bonds. The van der Waals surface area contributed by atoms with Gasteiger partial charge in [0.2, 0.25) is 11.8 Å². The summed E-state index contributed by atoms with van der Waals surface area (Å²) in [5, 5.41) is 15.5. The van der Waals surface area contributed by atoms with Crippen molar-refractivity contribution in [2.75, 3.05) is 19.6 Å². The fourth-order valence-electron chi connectivity index (χ4n) is 3.57. The van der Waals surface area contributed by atoms with Gasteiger partial charge in [0.05, 0.1) is 6.10 Å². The van der Waals surface area contributed by atoms with Gasteiger partial charge in [0.25, 0.3) is 0 Å². The van der Waals surface area contributed by atoms with E-state index in [0.29, 0.717) is 12.5 Å². The number of amides is 2. The molecule has 1 saturated heterocycles. The number of benzene rings is 1. The number of piperidine rings is 1. The van der Waals surface area contributed by atoms with Gasteiger partial charge >= 0.3 is 0 Å². The topological polar surface area (TPSA) is 81.7 Å². The van der Waals surface area contributed by atoms with Crippen LogP contribution >= 0.6 is 0 Å². The van der Waals surface area contributed by atoms with Gasteiger partial charge in [-0.25, -0.2) is 0 Å². The number of nitrogens with one attached hydrogen (secondary N) is 2. The van der Waals surface area contributed by atoms with E-state index >= 15 is 0 Å². The zero-order valence-electron chi connectivity index (χ0n) is 16.1. The number of rotatable bonds is 8. The molecule has 0 spiro atoms. The average molecular weight is 373 g/mol. The second-order valence-electron chi connectivity index (χ2n) is 7.95. The van der Waals surface area contributed by atoms with E-state index in [4.69, 9.17) is 0 Å². The largest absolute Gasteiger partial charge is 0.391 e. The predicted molar refractivity (Wildman–Crippen MR) is 104 cm³/mol. The number of hydrogen-bond donors (Lipinski definition) is 3. The van der Waals surface area contributed by atoms with E-state index in [0.717, 1.165) is 45.3 Å². The third-order valence-electron chi connectivity index (χ3n) is 5.53. The molecule has 2 fully saturated rings. The van der Waals surface area contributed by atoms with Crippen molar-refractivity contribution in [2.24, 2.45) is 11.8 Å². The highest BCUT2D eigenvalue weighted by molar-refractivity contribution is 5.89. The molecule has 6 heteroatoms. The summed E-state index contributed by atoms with van der Waals surface area (Å²) in [4.78, 5) is 26.8. The van der Waals surface area contributed by atoms with E-state index in [1.165, 1.54) is 5.56 Å². The van der Waals surface area contributed by atoms with Gasteiger partial charge in [-0.2, -0.15) is 0 Å². The predicted octanol–water partition coefficient (Wildman–Crippen LogP) is 1.29. The van der Waals surface area contributed by atoms with Crippen LogP contribution in [0, 0.1) is 11.8 Å². The van der Waals surface area contributed by atoms with Crippen molar-refractivity contribution < 1.29 is 14.7 Å². The third kappa shape index (κ3) is 6.04. The van der Waals surface area contributed by atoms with E-state index in [1.807, 2.05) is 6.07 Å². The first kappa shape index (κ1) is 19.8. The monoisotopic (exact) mass is 373 g/mol. The van der Waals surface area contributed by atoms with Crippen molar-refractivity contribution in [3.8, 4) is 0 Å². The van der Waals surface area contributed by atoms with Gasteiger partial charge in [-0.3, -0.25) is 14.5 Å². The maximum atomic E-state index is 12.4. The van der Waals surface area contributed by atoms with E-state index in [9.17, 15) is 14.7 Å². The number of nitrogens with zero attached hydrogens (tertiary/aromatic N) is 1. The molecule has 2 unspecified atom stereocenters. The van der Waals surface area contributed by atoms with Crippen molar-refractivity contribution in [3.05, 3.63) is 35.9 Å². The van der Waals surface area contributed by atoms with Gasteiger partial charge in [-0.15, -0.1) is 0 Å². The Labute approximate surface area is 161 Å². The molecule has 1 aromatic rings. The highest BCUT2D eigenvalue weighted by Gasteiger charge is 2.34. The quantitative estimate of drug-likeness (QED) is 0.641. The Bertz CT molecular complexity index is 623. The SMILES string of the molecule is CC(O)C(NC(=O)C1CC1)C(=O)NCC1CCN(Cc2ccccc2)CC1. The zero-order valence-corrected chi connectivity index (χ0v) is 16.1. The summed E-state index contributed by atoms with van der Waals surface area (Å²) in [6.07, 6.45) is 2.94. The van der Waals surface area contributed by atoms with Crippen molar-refractivity contribution in [1.29, 1.82) is 0 Å². The molecule has 0 aromatic heterocycles. The molecule has 2 atom stereocenters. The molecular weight excluding hydrogens is 342 g/mol. The van der Waals surface area contributed by atoms with Gasteiger partial charge < -0.3 is 15.7 Å². The Morgan fingerprint density at radius 1 is 1.15 bits per heavy atom. The lowest BCUT2D eigenvalue weighted by atomic mass is 9.96. The minimum Gasteiger partial charge on any atom is -0.391 e. The fraction of sp³-hybridized carbons (Fsp3) is 0.619. The van der Waals surface area contributed by atoms with Crippen LogP contribution in [-0.2, 0) is 16.1 Å². The molecule has 1 aliphatic heterocycles. The summed E-state index contributed by atoms with van der Waals surface area (Å²) < 4.78 is 0. The van der Waals surface area contributed by atoms with Crippen LogP contribution in [0.15, 0.2) is 30.3 Å². The highest BCUT2D eigenvalue weighted by Crippen LogP contribution is 2.29. The van der Waals surface area contributed by atoms with Gasteiger partial charge in [0.1, 0.15) is 6.04 Å². The molecule has 0 radical (unpaired) electrons. The van der Waals surface area contributed by atoms with Crippen LogP contribution in [0.25, 0.3) is 0 Å².